The monoisotopic (exact) mass is 491 g/mol. The maximum absolute atomic E-state index is 0. The summed E-state index contributed by atoms with van der Waals surface area (Å²) in [6, 6.07) is 0. The molecule has 0 aliphatic rings. The van der Waals surface area contributed by atoms with Crippen molar-refractivity contribution in [3.8, 4) is 0 Å². The molecule has 0 saturated heterocycles. The Labute approximate surface area is 148 Å². The Kier molecular flexibility index (Phi) is 148. The van der Waals surface area contributed by atoms with Gasteiger partial charge in [-0.05, 0) is 0 Å². The van der Waals surface area contributed by atoms with Crippen molar-refractivity contribution in [2.45, 2.75) is 0 Å². The Morgan fingerprint density at radius 3 is 1.00 bits per heavy atom. The first kappa shape index (κ1) is 32.2. The van der Waals surface area contributed by atoms with Gasteiger partial charge in [0.15, 0.2) is 17.4 Å². The first-order valence-corrected chi connectivity index (χ1v) is 0. The molecule has 0 aromatic rings. The van der Waals surface area contributed by atoms with Gasteiger partial charge in [-0.15, -0.1) is 0 Å². The van der Waals surface area contributed by atoms with Crippen molar-refractivity contribution in [2.75, 3.05) is 0 Å². The molecule has 0 fully saturated rings. The van der Waals surface area contributed by atoms with Crippen LogP contribution in [0, 0.1) is 77.3 Å². The molecule has 0 nitrogen and oxygen atoms in total. The summed E-state index contributed by atoms with van der Waals surface area (Å²) in [5.74, 6) is 0. The standard InChI is InChI=1S/Al.Lu.Sc.Sm.Y.3H. The van der Waals surface area contributed by atoms with Gasteiger partial charge in [0.05, 0.1) is 0 Å². The maximum atomic E-state index is 0. The van der Waals surface area contributed by atoms with Gasteiger partial charge in [-0.25, -0.2) is 0 Å². The van der Waals surface area contributed by atoms with E-state index in [1.807, 2.05) is 0 Å². The minimum absolute atomic E-state index is 0. The molecular formula is H3AlLuScSmY. The van der Waals surface area contributed by atoms with Crippen molar-refractivity contribution < 1.29 is 136 Å². The van der Waals surface area contributed by atoms with E-state index in [-0.39, 0.29) is 153 Å². The molecule has 0 aromatic heterocycles. The predicted octanol–water partition coefficient (Wildman–Crippen LogP) is -1.19. The summed E-state index contributed by atoms with van der Waals surface area (Å²) in [7, 11) is 0. The van der Waals surface area contributed by atoms with Gasteiger partial charge in [0.2, 0.25) is 0 Å². The minimum atomic E-state index is 0. The van der Waals surface area contributed by atoms with Crippen LogP contribution in [-0.2, 0) is 58.6 Å². The second kappa shape index (κ2) is 23.0. The van der Waals surface area contributed by atoms with E-state index < -0.39 is 0 Å². The molecule has 0 aromatic carbocycles. The van der Waals surface area contributed by atoms with Crippen LogP contribution in [-0.4, -0.2) is 17.4 Å². The van der Waals surface area contributed by atoms with Crippen LogP contribution >= 0.6 is 0 Å². The summed E-state index contributed by atoms with van der Waals surface area (Å²) in [5, 5.41) is 0. The topological polar surface area (TPSA) is 0 Å². The van der Waals surface area contributed by atoms with E-state index in [1.165, 1.54) is 0 Å². The molecule has 0 rings (SSSR count). The van der Waals surface area contributed by atoms with Crippen LogP contribution in [0.5, 0.6) is 0 Å². The van der Waals surface area contributed by atoms with Crippen molar-refractivity contribution >= 4 is 17.4 Å². The van der Waals surface area contributed by atoms with Crippen molar-refractivity contribution in [1.82, 2.24) is 0 Å². The van der Waals surface area contributed by atoms with E-state index in [0.717, 1.165) is 0 Å². The second-order valence-corrected chi connectivity index (χ2v) is 0. The molecule has 0 bridgehead atoms. The smallest absolute Gasteiger partial charge is 0 e. The Morgan fingerprint density at radius 2 is 1.00 bits per heavy atom. The zero-order chi connectivity index (χ0) is 0. The predicted molar refractivity (Wildman–Crippen MR) is 9.94 cm³/mol. The third-order valence-electron chi connectivity index (χ3n) is 0. The normalized spacial score (nSPS) is 0. The molecular weight excluding hydrogens is 486 g/mol. The van der Waals surface area contributed by atoms with Crippen LogP contribution in [0.3, 0.4) is 0 Å². The summed E-state index contributed by atoms with van der Waals surface area (Å²) >= 11 is 0. The summed E-state index contributed by atoms with van der Waals surface area (Å²) in [4.78, 5) is 0. The summed E-state index contributed by atoms with van der Waals surface area (Å²) in [6.07, 6.45) is 0. The van der Waals surface area contributed by atoms with Crippen LogP contribution < -0.4 is 0 Å². The summed E-state index contributed by atoms with van der Waals surface area (Å²) in [5.41, 5.74) is 0. The molecule has 0 saturated carbocycles. The van der Waals surface area contributed by atoms with Gasteiger partial charge in [-0.2, -0.15) is 0 Å². The maximum Gasteiger partial charge on any atom is 0.187 e. The van der Waals surface area contributed by atoms with Gasteiger partial charge in [0, 0.05) is 136 Å². The SMILES string of the molecule is [AlH3].[Lu].[Sc].[Sm].[Y]. The zero-order valence-corrected chi connectivity index (χ0v) is 10.7. The van der Waals surface area contributed by atoms with Gasteiger partial charge >= 0.3 is 0 Å². The van der Waals surface area contributed by atoms with Crippen molar-refractivity contribution in [2.24, 2.45) is 0 Å². The average Bonchev–Trinajstić information content (AvgIpc) is 0. The average molecular weight is 489 g/mol. The van der Waals surface area contributed by atoms with E-state index in [1.54, 1.807) is 0 Å². The summed E-state index contributed by atoms with van der Waals surface area (Å²) in [6.45, 7) is 0. The fourth-order valence-electron chi connectivity index (χ4n) is 0. The van der Waals surface area contributed by atoms with Gasteiger partial charge in [0.1, 0.15) is 0 Å². The molecule has 0 spiro atoms. The summed E-state index contributed by atoms with van der Waals surface area (Å²) < 4.78 is 0. The molecule has 0 aliphatic heterocycles. The molecule has 3 radical (unpaired) electrons. The fourth-order valence-corrected chi connectivity index (χ4v) is 0. The van der Waals surface area contributed by atoms with Crippen molar-refractivity contribution in [1.29, 1.82) is 0 Å². The van der Waals surface area contributed by atoms with Crippen molar-refractivity contribution in [3.05, 3.63) is 0 Å². The van der Waals surface area contributed by atoms with E-state index in [4.69, 9.17) is 0 Å². The van der Waals surface area contributed by atoms with E-state index in [0.29, 0.717) is 0 Å². The van der Waals surface area contributed by atoms with Gasteiger partial charge < -0.3 is 0 Å². The first-order chi connectivity index (χ1) is 0. The van der Waals surface area contributed by atoms with E-state index >= 15 is 0 Å². The quantitative estimate of drug-likeness (QED) is 0.376. The van der Waals surface area contributed by atoms with Crippen LogP contribution in [0.1, 0.15) is 0 Å². The molecule has 0 atom stereocenters. The minimum Gasteiger partial charge on any atom is 0 e. The number of hydrogen-bond donors (Lipinski definition) is 0. The van der Waals surface area contributed by atoms with Gasteiger partial charge in [-0.1, -0.05) is 0 Å². The molecule has 0 aliphatic carbocycles. The fraction of sp³-hybridized carbons (Fsp3) is 0. The van der Waals surface area contributed by atoms with Gasteiger partial charge in [0.25, 0.3) is 0 Å². The van der Waals surface area contributed by atoms with E-state index in [2.05, 4.69) is 0 Å². The molecule has 0 unspecified atom stereocenters. The van der Waals surface area contributed by atoms with Crippen LogP contribution in [0.2, 0.25) is 0 Å². The van der Waals surface area contributed by atoms with Crippen LogP contribution in [0.4, 0.5) is 0 Å². The Bertz CT molecular complexity index is 11.6. The third kappa shape index (κ3) is 17.6. The largest absolute Gasteiger partial charge is 0.187 e. The molecule has 0 heterocycles. The van der Waals surface area contributed by atoms with E-state index in [9.17, 15) is 0 Å². The third-order valence-corrected chi connectivity index (χ3v) is 0. The Morgan fingerprint density at radius 1 is 1.00 bits per heavy atom. The zero-order valence-electron chi connectivity index (χ0n) is 1.82. The Hall–Kier alpha value is 5.08. The van der Waals surface area contributed by atoms with Crippen molar-refractivity contribution in [3.63, 3.8) is 0 Å². The van der Waals surface area contributed by atoms with Gasteiger partial charge in [-0.3, -0.25) is 0 Å². The Balaban J connectivity index is 0. The first-order valence-electron chi connectivity index (χ1n) is 0. The molecule has 5 heteroatoms. The molecule has 5 heavy (non-hydrogen) atoms. The molecule has 0 N–H and O–H groups in total. The number of hydrogen-bond acceptors (Lipinski definition) is 0. The van der Waals surface area contributed by atoms with Crippen LogP contribution in [0.15, 0.2) is 0 Å². The number of rotatable bonds is 0. The molecule has 0 amide bonds. The molecule has 33 valence electrons. The van der Waals surface area contributed by atoms with Crippen LogP contribution in [0.25, 0.3) is 0 Å². The second-order valence-electron chi connectivity index (χ2n) is 0.